The molecule has 0 saturated carbocycles. The normalized spacial score (nSPS) is 10.8. The molecule has 104 valence electrons. The Morgan fingerprint density at radius 2 is 1.76 bits per heavy atom. The van der Waals surface area contributed by atoms with E-state index in [0.29, 0.717) is 26.8 Å². The van der Waals surface area contributed by atoms with Crippen molar-refractivity contribution >= 4 is 45.6 Å². The number of nitrogen functional groups attached to an aromatic ring is 1. The molecule has 0 spiro atoms. The molecule has 1 aromatic heterocycles. The van der Waals surface area contributed by atoms with Crippen LogP contribution < -0.4 is 5.73 Å². The number of rotatable bonds is 2. The second kappa shape index (κ2) is 5.35. The van der Waals surface area contributed by atoms with E-state index >= 15 is 0 Å². The van der Waals surface area contributed by atoms with Crippen LogP contribution in [0.25, 0.3) is 10.9 Å². The number of nitrogens with zero attached hydrogens (tertiary/aromatic N) is 1. The number of halogens is 2. The summed E-state index contributed by atoms with van der Waals surface area (Å²) in [7, 11) is 0. The van der Waals surface area contributed by atoms with Crippen LogP contribution in [-0.4, -0.2) is 10.8 Å². The van der Waals surface area contributed by atoms with Gasteiger partial charge >= 0.3 is 0 Å². The molecule has 0 unspecified atom stereocenters. The number of hydrogen-bond donors (Lipinski definition) is 1. The summed E-state index contributed by atoms with van der Waals surface area (Å²) in [5, 5.41) is 1.55. The third-order valence-corrected chi connectivity index (χ3v) is 3.90. The molecule has 3 aromatic rings. The lowest BCUT2D eigenvalue weighted by molar-refractivity contribution is 0.103. The van der Waals surface area contributed by atoms with Crippen LogP contribution in [0, 0.1) is 0 Å². The van der Waals surface area contributed by atoms with Gasteiger partial charge in [-0.05, 0) is 30.3 Å². The number of carbonyl (C=O) groups is 1. The van der Waals surface area contributed by atoms with Gasteiger partial charge in [0, 0.05) is 16.6 Å². The van der Waals surface area contributed by atoms with Gasteiger partial charge in [-0.15, -0.1) is 0 Å². The minimum atomic E-state index is -0.244. The van der Waals surface area contributed by atoms with Crippen LogP contribution in [0.3, 0.4) is 0 Å². The highest BCUT2D eigenvalue weighted by Crippen LogP contribution is 2.25. The molecule has 3 rings (SSSR count). The summed E-state index contributed by atoms with van der Waals surface area (Å²) < 4.78 is 0. The van der Waals surface area contributed by atoms with Gasteiger partial charge in [-0.1, -0.05) is 41.4 Å². The molecule has 3 nitrogen and oxygen atoms in total. The maximum absolute atomic E-state index is 12.5. The van der Waals surface area contributed by atoms with Crippen LogP contribution in [-0.2, 0) is 0 Å². The van der Waals surface area contributed by atoms with Crippen molar-refractivity contribution in [1.82, 2.24) is 4.98 Å². The third kappa shape index (κ3) is 2.58. The van der Waals surface area contributed by atoms with Gasteiger partial charge in [-0.3, -0.25) is 4.79 Å². The molecule has 1 heterocycles. The van der Waals surface area contributed by atoms with E-state index in [0.717, 1.165) is 5.39 Å². The number of aromatic nitrogens is 1. The molecule has 0 atom stereocenters. The lowest BCUT2D eigenvalue weighted by Crippen LogP contribution is -2.05. The largest absolute Gasteiger partial charge is 0.398 e. The number of para-hydroxylation sites is 1. The minimum Gasteiger partial charge on any atom is -0.398 e. The number of carbonyl (C=O) groups excluding carboxylic acids is 1. The van der Waals surface area contributed by atoms with Crippen LogP contribution >= 0.6 is 23.2 Å². The predicted molar refractivity (Wildman–Crippen MR) is 86.0 cm³/mol. The van der Waals surface area contributed by atoms with Gasteiger partial charge in [-0.25, -0.2) is 4.98 Å². The van der Waals surface area contributed by atoms with Gasteiger partial charge in [-0.2, -0.15) is 0 Å². The summed E-state index contributed by atoms with van der Waals surface area (Å²) in [6.45, 7) is 0. The Hall–Kier alpha value is -2.10. The maximum Gasteiger partial charge on any atom is 0.211 e. The van der Waals surface area contributed by atoms with Crippen molar-refractivity contribution in [1.29, 1.82) is 0 Å². The standard InChI is InChI=1S/C16H10Cl2N2O/c17-11-6-5-9(7-12(11)18)16(21)15-8-13(19)10-3-1-2-4-14(10)20-15/h1-8H,(H2,19,20). The summed E-state index contributed by atoms with van der Waals surface area (Å²) in [5.74, 6) is -0.244. The third-order valence-electron chi connectivity index (χ3n) is 3.16. The van der Waals surface area contributed by atoms with E-state index in [-0.39, 0.29) is 11.5 Å². The summed E-state index contributed by atoms with van der Waals surface area (Å²) >= 11 is 11.8. The van der Waals surface area contributed by atoms with Crippen LogP contribution in [0.2, 0.25) is 10.0 Å². The van der Waals surface area contributed by atoms with Gasteiger partial charge in [0.1, 0.15) is 5.69 Å². The number of ketones is 1. The fourth-order valence-electron chi connectivity index (χ4n) is 2.10. The van der Waals surface area contributed by atoms with Crippen LogP contribution in [0.15, 0.2) is 48.5 Å². The smallest absolute Gasteiger partial charge is 0.211 e. The van der Waals surface area contributed by atoms with E-state index in [1.54, 1.807) is 18.2 Å². The molecular formula is C16H10Cl2N2O. The van der Waals surface area contributed by atoms with Crippen LogP contribution in [0.5, 0.6) is 0 Å². The Morgan fingerprint density at radius 1 is 1.00 bits per heavy atom. The fourth-order valence-corrected chi connectivity index (χ4v) is 2.40. The average molecular weight is 317 g/mol. The molecule has 2 aromatic carbocycles. The highest BCUT2D eigenvalue weighted by molar-refractivity contribution is 6.42. The van der Waals surface area contributed by atoms with Gasteiger partial charge in [0.2, 0.25) is 5.78 Å². The van der Waals surface area contributed by atoms with Crippen molar-refractivity contribution in [3.8, 4) is 0 Å². The average Bonchev–Trinajstić information content (AvgIpc) is 2.49. The van der Waals surface area contributed by atoms with Gasteiger partial charge in [0.05, 0.1) is 15.6 Å². The quantitative estimate of drug-likeness (QED) is 0.715. The Balaban J connectivity index is 2.11. The topological polar surface area (TPSA) is 56.0 Å². The highest BCUT2D eigenvalue weighted by Gasteiger charge is 2.14. The summed E-state index contributed by atoms with van der Waals surface area (Å²) in [6, 6.07) is 13.7. The zero-order valence-electron chi connectivity index (χ0n) is 10.8. The molecule has 0 aliphatic carbocycles. The van der Waals surface area contributed by atoms with E-state index in [1.807, 2.05) is 24.3 Å². The number of pyridine rings is 1. The second-order valence-electron chi connectivity index (χ2n) is 4.57. The van der Waals surface area contributed by atoms with Crippen LogP contribution in [0.1, 0.15) is 16.1 Å². The lowest BCUT2D eigenvalue weighted by Gasteiger charge is -2.06. The molecule has 0 aliphatic rings. The molecule has 0 fully saturated rings. The number of benzene rings is 2. The number of hydrogen-bond acceptors (Lipinski definition) is 3. The maximum atomic E-state index is 12.5. The van der Waals surface area contributed by atoms with Crippen molar-refractivity contribution in [2.45, 2.75) is 0 Å². The van der Waals surface area contributed by atoms with E-state index < -0.39 is 0 Å². The van der Waals surface area contributed by atoms with E-state index in [1.165, 1.54) is 6.07 Å². The first-order chi connectivity index (χ1) is 10.1. The molecule has 2 N–H and O–H groups in total. The van der Waals surface area contributed by atoms with Crippen molar-refractivity contribution < 1.29 is 4.79 Å². The molecule has 0 saturated heterocycles. The predicted octanol–water partition coefficient (Wildman–Crippen LogP) is 4.35. The first kappa shape index (κ1) is 13.9. The Labute approximate surface area is 131 Å². The highest BCUT2D eigenvalue weighted by atomic mass is 35.5. The molecule has 21 heavy (non-hydrogen) atoms. The molecular weight excluding hydrogens is 307 g/mol. The first-order valence-corrected chi connectivity index (χ1v) is 6.97. The van der Waals surface area contributed by atoms with Gasteiger partial charge < -0.3 is 5.73 Å². The Bertz CT molecular complexity index is 862. The monoisotopic (exact) mass is 316 g/mol. The Morgan fingerprint density at radius 3 is 2.52 bits per heavy atom. The van der Waals surface area contributed by atoms with Crippen molar-refractivity contribution in [3.63, 3.8) is 0 Å². The molecule has 0 amide bonds. The van der Waals surface area contributed by atoms with Gasteiger partial charge in [0.25, 0.3) is 0 Å². The minimum absolute atomic E-state index is 0.244. The number of nitrogens with two attached hydrogens (primary N) is 1. The summed E-state index contributed by atoms with van der Waals surface area (Å²) in [6.07, 6.45) is 0. The van der Waals surface area contributed by atoms with Gasteiger partial charge in [0.15, 0.2) is 0 Å². The lowest BCUT2D eigenvalue weighted by atomic mass is 10.1. The second-order valence-corrected chi connectivity index (χ2v) is 5.39. The zero-order chi connectivity index (χ0) is 15.0. The van der Waals surface area contributed by atoms with E-state index in [4.69, 9.17) is 28.9 Å². The zero-order valence-corrected chi connectivity index (χ0v) is 12.3. The molecule has 0 bridgehead atoms. The van der Waals surface area contributed by atoms with E-state index in [2.05, 4.69) is 4.98 Å². The first-order valence-electron chi connectivity index (χ1n) is 6.21. The SMILES string of the molecule is Nc1cc(C(=O)c2ccc(Cl)c(Cl)c2)nc2ccccc12. The number of anilines is 1. The molecule has 5 heteroatoms. The summed E-state index contributed by atoms with van der Waals surface area (Å²) in [4.78, 5) is 16.8. The van der Waals surface area contributed by atoms with Crippen molar-refractivity contribution in [3.05, 3.63) is 69.8 Å². The fraction of sp³-hybridized carbons (Fsp3) is 0. The van der Waals surface area contributed by atoms with Crippen molar-refractivity contribution in [2.75, 3.05) is 5.73 Å². The molecule has 0 aliphatic heterocycles. The summed E-state index contributed by atoms with van der Waals surface area (Å²) in [5.41, 5.74) is 7.89. The molecule has 0 radical (unpaired) electrons. The number of fused-ring (bicyclic) bond motifs is 1. The van der Waals surface area contributed by atoms with Crippen molar-refractivity contribution in [2.24, 2.45) is 0 Å². The van der Waals surface area contributed by atoms with Crippen LogP contribution in [0.4, 0.5) is 5.69 Å². The van der Waals surface area contributed by atoms with E-state index in [9.17, 15) is 4.79 Å². The Kier molecular flexibility index (Phi) is 3.53.